The molecular formula is C20H22N2O6. The molecule has 2 aliphatic rings. The van der Waals surface area contributed by atoms with E-state index in [0.717, 1.165) is 0 Å². The van der Waals surface area contributed by atoms with Crippen molar-refractivity contribution in [3.8, 4) is 5.75 Å². The molecule has 2 atom stereocenters. The lowest BCUT2D eigenvalue weighted by Crippen LogP contribution is -2.41. The van der Waals surface area contributed by atoms with Crippen LogP contribution in [0.1, 0.15) is 45.1 Å². The summed E-state index contributed by atoms with van der Waals surface area (Å²) in [5.74, 6) is -2.48. The van der Waals surface area contributed by atoms with Gasteiger partial charge in [-0.15, -0.1) is 0 Å². The second kappa shape index (κ2) is 7.46. The van der Waals surface area contributed by atoms with Crippen LogP contribution in [-0.2, 0) is 14.3 Å². The van der Waals surface area contributed by atoms with Gasteiger partial charge in [0, 0.05) is 29.8 Å². The number of benzene rings is 1. The van der Waals surface area contributed by atoms with Crippen LogP contribution < -0.4 is 5.32 Å². The lowest BCUT2D eigenvalue weighted by Gasteiger charge is -2.38. The topological polar surface area (TPSA) is 119 Å². The Hall–Kier alpha value is -3.16. The van der Waals surface area contributed by atoms with Crippen molar-refractivity contribution in [2.45, 2.75) is 45.6 Å². The second-order valence-electron chi connectivity index (χ2n) is 7.24. The number of phenolic OH excluding ortho intramolecular Hbond substituents is 1. The van der Waals surface area contributed by atoms with E-state index in [1.165, 1.54) is 18.2 Å². The number of hydrogen-bond acceptors (Lipinski definition) is 7. The Morgan fingerprint density at radius 1 is 1.36 bits per heavy atom. The van der Waals surface area contributed by atoms with E-state index in [1.54, 1.807) is 20.8 Å². The third-order valence-corrected chi connectivity index (χ3v) is 4.94. The van der Waals surface area contributed by atoms with Crippen LogP contribution in [0.4, 0.5) is 5.69 Å². The number of phenols is 1. The average molecular weight is 386 g/mol. The number of aromatic hydroxyl groups is 1. The minimum Gasteiger partial charge on any atom is -0.502 e. The van der Waals surface area contributed by atoms with Crippen LogP contribution in [0.15, 0.2) is 41.2 Å². The summed E-state index contributed by atoms with van der Waals surface area (Å²) < 4.78 is 5.38. The van der Waals surface area contributed by atoms with Gasteiger partial charge in [0.15, 0.2) is 5.75 Å². The first-order valence-electron chi connectivity index (χ1n) is 9.09. The number of ether oxygens (including phenoxy) is 1. The number of carbonyl (C=O) groups excluding carboxylic acids is 2. The van der Waals surface area contributed by atoms with Crippen LogP contribution >= 0.6 is 0 Å². The maximum absolute atomic E-state index is 12.8. The zero-order valence-corrected chi connectivity index (χ0v) is 15.9. The summed E-state index contributed by atoms with van der Waals surface area (Å²) in [6, 6.07) is 3.95. The first kappa shape index (κ1) is 19.6. The van der Waals surface area contributed by atoms with Gasteiger partial charge in [-0.05, 0) is 38.8 Å². The summed E-state index contributed by atoms with van der Waals surface area (Å²) in [4.78, 5) is 36.2. The van der Waals surface area contributed by atoms with E-state index < -0.39 is 34.2 Å². The number of nitro benzene ring substituents is 1. The molecule has 1 aliphatic heterocycles. The van der Waals surface area contributed by atoms with Crippen LogP contribution in [0.25, 0.3) is 0 Å². The van der Waals surface area contributed by atoms with Crippen molar-refractivity contribution >= 4 is 17.4 Å². The van der Waals surface area contributed by atoms with E-state index in [0.29, 0.717) is 29.8 Å². The van der Waals surface area contributed by atoms with Crippen molar-refractivity contribution < 1.29 is 24.4 Å². The number of allylic oxidation sites excluding steroid dienone is 3. The SMILES string of the molecule is CC1=C(C(=O)OC(C)C)C(c2ccc(O)c([N+](=O)[O-])c2)C2C(=O)CCC=C2N1. The lowest BCUT2D eigenvalue weighted by atomic mass is 9.71. The van der Waals surface area contributed by atoms with E-state index in [-0.39, 0.29) is 17.5 Å². The normalized spacial score (nSPS) is 21.7. The third-order valence-electron chi connectivity index (χ3n) is 4.94. The number of fused-ring (bicyclic) bond motifs is 1. The summed E-state index contributed by atoms with van der Waals surface area (Å²) in [5.41, 5.74) is 1.44. The van der Waals surface area contributed by atoms with Gasteiger partial charge in [-0.2, -0.15) is 0 Å². The Kier molecular flexibility index (Phi) is 5.22. The Morgan fingerprint density at radius 2 is 2.07 bits per heavy atom. The molecule has 0 spiro atoms. The van der Waals surface area contributed by atoms with Gasteiger partial charge in [-0.1, -0.05) is 12.1 Å². The van der Waals surface area contributed by atoms with Gasteiger partial charge in [0.1, 0.15) is 5.78 Å². The fourth-order valence-corrected chi connectivity index (χ4v) is 3.80. The Balaban J connectivity index is 2.20. The van der Waals surface area contributed by atoms with Gasteiger partial charge in [0.2, 0.25) is 0 Å². The predicted octanol–water partition coefficient (Wildman–Crippen LogP) is 3.08. The molecule has 1 heterocycles. The van der Waals surface area contributed by atoms with Gasteiger partial charge in [0.25, 0.3) is 0 Å². The summed E-state index contributed by atoms with van der Waals surface area (Å²) in [6.45, 7) is 5.16. The van der Waals surface area contributed by atoms with Crippen molar-refractivity contribution in [1.82, 2.24) is 5.32 Å². The quantitative estimate of drug-likeness (QED) is 0.464. The van der Waals surface area contributed by atoms with E-state index in [4.69, 9.17) is 4.74 Å². The molecule has 2 N–H and O–H groups in total. The number of carbonyl (C=O) groups is 2. The Bertz CT molecular complexity index is 915. The molecule has 0 aromatic heterocycles. The number of hydrogen-bond donors (Lipinski definition) is 2. The zero-order chi connectivity index (χ0) is 20.6. The van der Waals surface area contributed by atoms with Crippen LogP contribution in [0, 0.1) is 16.0 Å². The number of rotatable bonds is 4. The Morgan fingerprint density at radius 3 is 2.71 bits per heavy atom. The maximum atomic E-state index is 12.8. The fraction of sp³-hybridized carbons (Fsp3) is 0.400. The number of ketones is 1. The van der Waals surface area contributed by atoms with Crippen LogP contribution in [-0.4, -0.2) is 27.9 Å². The smallest absolute Gasteiger partial charge is 0.336 e. The van der Waals surface area contributed by atoms with Gasteiger partial charge >= 0.3 is 11.7 Å². The monoisotopic (exact) mass is 386 g/mol. The van der Waals surface area contributed by atoms with Gasteiger partial charge in [-0.3, -0.25) is 14.9 Å². The number of nitro groups is 1. The molecule has 3 rings (SSSR count). The van der Waals surface area contributed by atoms with Crippen molar-refractivity contribution in [2.24, 2.45) is 5.92 Å². The van der Waals surface area contributed by atoms with E-state index in [2.05, 4.69) is 5.32 Å². The molecule has 8 heteroatoms. The highest BCUT2D eigenvalue weighted by Gasteiger charge is 2.44. The number of esters is 1. The van der Waals surface area contributed by atoms with Crippen molar-refractivity contribution in [3.05, 3.63) is 56.9 Å². The maximum Gasteiger partial charge on any atom is 0.336 e. The standard InChI is InChI=1S/C20H22N2O6/c1-10(2)28-20(25)17-11(3)21-13-5-4-6-16(24)19(13)18(17)12-7-8-15(23)14(9-12)22(26)27/h5,7-10,18-19,21,23H,4,6H2,1-3H3. The second-order valence-corrected chi connectivity index (χ2v) is 7.24. The highest BCUT2D eigenvalue weighted by molar-refractivity contribution is 5.96. The van der Waals surface area contributed by atoms with Crippen molar-refractivity contribution in [1.29, 1.82) is 0 Å². The molecule has 0 amide bonds. The molecule has 1 aromatic rings. The van der Waals surface area contributed by atoms with Crippen LogP contribution in [0.2, 0.25) is 0 Å². The first-order chi connectivity index (χ1) is 13.2. The van der Waals surface area contributed by atoms with E-state index in [9.17, 15) is 24.8 Å². The fourth-order valence-electron chi connectivity index (χ4n) is 3.80. The molecule has 8 nitrogen and oxygen atoms in total. The number of nitrogens with zero attached hydrogens (tertiary/aromatic N) is 1. The lowest BCUT2D eigenvalue weighted by molar-refractivity contribution is -0.385. The molecule has 148 valence electrons. The Labute approximate surface area is 162 Å². The molecule has 1 aliphatic carbocycles. The van der Waals surface area contributed by atoms with Gasteiger partial charge in [0.05, 0.1) is 22.5 Å². The minimum absolute atomic E-state index is 0.0481. The zero-order valence-electron chi connectivity index (χ0n) is 15.9. The van der Waals surface area contributed by atoms with E-state index >= 15 is 0 Å². The van der Waals surface area contributed by atoms with E-state index in [1.807, 2.05) is 6.08 Å². The predicted molar refractivity (Wildman–Crippen MR) is 100 cm³/mol. The highest BCUT2D eigenvalue weighted by Crippen LogP contribution is 2.45. The molecule has 0 bridgehead atoms. The van der Waals surface area contributed by atoms with Crippen molar-refractivity contribution in [3.63, 3.8) is 0 Å². The van der Waals surface area contributed by atoms with Crippen LogP contribution in [0.5, 0.6) is 5.75 Å². The molecule has 0 saturated heterocycles. The number of Topliss-reactive ketones (excluding diaryl/α,β-unsaturated/α-hetero) is 1. The van der Waals surface area contributed by atoms with Gasteiger partial charge < -0.3 is 15.2 Å². The molecular weight excluding hydrogens is 364 g/mol. The molecule has 0 saturated carbocycles. The largest absolute Gasteiger partial charge is 0.502 e. The summed E-state index contributed by atoms with van der Waals surface area (Å²) in [7, 11) is 0. The van der Waals surface area contributed by atoms with Crippen LogP contribution in [0.3, 0.4) is 0 Å². The molecule has 2 unspecified atom stereocenters. The molecule has 0 fully saturated rings. The third kappa shape index (κ3) is 3.49. The molecule has 28 heavy (non-hydrogen) atoms. The van der Waals surface area contributed by atoms with Gasteiger partial charge in [-0.25, -0.2) is 4.79 Å². The molecule has 1 aromatic carbocycles. The number of nitrogens with one attached hydrogen (secondary N) is 1. The minimum atomic E-state index is -0.731. The summed E-state index contributed by atoms with van der Waals surface area (Å²) in [6.07, 6.45) is 2.49. The van der Waals surface area contributed by atoms with Crippen molar-refractivity contribution in [2.75, 3.05) is 0 Å². The summed E-state index contributed by atoms with van der Waals surface area (Å²) >= 11 is 0. The first-order valence-corrected chi connectivity index (χ1v) is 9.09. The summed E-state index contributed by atoms with van der Waals surface area (Å²) in [5, 5.41) is 24.2. The average Bonchev–Trinajstić information content (AvgIpc) is 2.60. The molecule has 0 radical (unpaired) electrons. The highest BCUT2D eigenvalue weighted by atomic mass is 16.6.